The van der Waals surface area contributed by atoms with Crippen LogP contribution in [0.1, 0.15) is 54.7 Å². The third kappa shape index (κ3) is 2.63. The van der Waals surface area contributed by atoms with Crippen LogP contribution in [0.15, 0.2) is 6.20 Å². The van der Waals surface area contributed by atoms with E-state index in [-0.39, 0.29) is 5.41 Å². The number of aryl methyl sites for hydroxylation is 3. The van der Waals surface area contributed by atoms with Crippen LogP contribution in [0, 0.1) is 6.92 Å². The number of hydrogen-bond donors (Lipinski definition) is 0. The SMILES string of the molecule is CCCc1nnc(N2CCCC3(CCc4cnc(C)nc43)C2)s1. The standard InChI is InChI=1S/C17H23N5S/c1-3-5-14-20-21-16(23-14)22-9-4-7-17(11-22)8-6-13-10-18-12(2)19-15(13)17/h10H,3-9,11H2,1-2H3. The molecule has 0 saturated carbocycles. The quantitative estimate of drug-likeness (QED) is 0.866. The molecule has 2 aromatic heterocycles. The summed E-state index contributed by atoms with van der Waals surface area (Å²) in [7, 11) is 0. The topological polar surface area (TPSA) is 54.8 Å². The van der Waals surface area contributed by atoms with E-state index in [9.17, 15) is 0 Å². The molecule has 1 saturated heterocycles. The average Bonchev–Trinajstić information content (AvgIpc) is 3.15. The van der Waals surface area contributed by atoms with Crippen LogP contribution >= 0.6 is 11.3 Å². The summed E-state index contributed by atoms with van der Waals surface area (Å²) in [6, 6.07) is 0. The fourth-order valence-electron chi connectivity index (χ4n) is 4.01. The third-order valence-electron chi connectivity index (χ3n) is 5.13. The molecule has 0 radical (unpaired) electrons. The van der Waals surface area contributed by atoms with Crippen molar-refractivity contribution in [2.75, 3.05) is 18.0 Å². The molecule has 0 bridgehead atoms. The summed E-state index contributed by atoms with van der Waals surface area (Å²) in [5, 5.41) is 11.1. The second-order valence-electron chi connectivity index (χ2n) is 6.82. The Labute approximate surface area is 141 Å². The van der Waals surface area contributed by atoms with E-state index in [0.29, 0.717) is 0 Å². The van der Waals surface area contributed by atoms with E-state index in [0.717, 1.165) is 48.3 Å². The molecule has 23 heavy (non-hydrogen) atoms. The van der Waals surface area contributed by atoms with Crippen molar-refractivity contribution in [1.82, 2.24) is 20.2 Å². The summed E-state index contributed by atoms with van der Waals surface area (Å²) in [4.78, 5) is 11.6. The molecule has 122 valence electrons. The van der Waals surface area contributed by atoms with E-state index in [2.05, 4.69) is 27.0 Å². The number of rotatable bonds is 3. The first kappa shape index (κ1) is 15.0. The van der Waals surface area contributed by atoms with Crippen LogP contribution in [-0.4, -0.2) is 33.3 Å². The molecule has 1 aliphatic heterocycles. The number of aromatic nitrogens is 4. The molecule has 0 amide bonds. The molecule has 6 heteroatoms. The van der Waals surface area contributed by atoms with Crippen molar-refractivity contribution in [3.63, 3.8) is 0 Å². The van der Waals surface area contributed by atoms with E-state index in [1.807, 2.05) is 13.1 Å². The van der Waals surface area contributed by atoms with Crippen molar-refractivity contribution < 1.29 is 0 Å². The third-order valence-corrected chi connectivity index (χ3v) is 6.17. The molecular weight excluding hydrogens is 306 g/mol. The van der Waals surface area contributed by atoms with Crippen LogP contribution in [0.2, 0.25) is 0 Å². The number of hydrogen-bond acceptors (Lipinski definition) is 6. The second kappa shape index (κ2) is 5.82. The van der Waals surface area contributed by atoms with E-state index < -0.39 is 0 Å². The zero-order valence-electron chi connectivity index (χ0n) is 13.9. The first-order chi connectivity index (χ1) is 11.2. The maximum absolute atomic E-state index is 4.82. The van der Waals surface area contributed by atoms with Gasteiger partial charge in [-0.3, -0.25) is 0 Å². The average molecular weight is 329 g/mol. The first-order valence-corrected chi connectivity index (χ1v) is 9.42. The van der Waals surface area contributed by atoms with Gasteiger partial charge in [-0.2, -0.15) is 0 Å². The van der Waals surface area contributed by atoms with Crippen LogP contribution in [0.3, 0.4) is 0 Å². The molecule has 1 fully saturated rings. The summed E-state index contributed by atoms with van der Waals surface area (Å²) >= 11 is 1.76. The zero-order valence-corrected chi connectivity index (χ0v) is 14.7. The van der Waals surface area contributed by atoms with Gasteiger partial charge in [-0.1, -0.05) is 18.3 Å². The normalized spacial score (nSPS) is 23.5. The molecule has 2 aromatic rings. The monoisotopic (exact) mass is 329 g/mol. The Balaban J connectivity index is 1.61. The minimum atomic E-state index is 0.192. The van der Waals surface area contributed by atoms with Gasteiger partial charge in [0.25, 0.3) is 0 Å². The number of nitrogens with zero attached hydrogens (tertiary/aromatic N) is 5. The molecule has 0 N–H and O–H groups in total. The lowest BCUT2D eigenvalue weighted by atomic mass is 9.77. The molecule has 2 aliphatic rings. The number of piperidine rings is 1. The van der Waals surface area contributed by atoms with Gasteiger partial charge in [0.1, 0.15) is 10.8 Å². The molecule has 4 rings (SSSR count). The second-order valence-corrected chi connectivity index (χ2v) is 7.87. The highest BCUT2D eigenvalue weighted by Crippen LogP contribution is 2.44. The Morgan fingerprint density at radius 2 is 2.22 bits per heavy atom. The van der Waals surface area contributed by atoms with Gasteiger partial charge in [-0.15, -0.1) is 10.2 Å². The number of fused-ring (bicyclic) bond motifs is 2. The maximum Gasteiger partial charge on any atom is 0.208 e. The Hall–Kier alpha value is -1.56. The smallest absolute Gasteiger partial charge is 0.208 e. The molecule has 3 heterocycles. The lowest BCUT2D eigenvalue weighted by Crippen LogP contribution is -2.45. The van der Waals surface area contributed by atoms with Crippen molar-refractivity contribution in [3.8, 4) is 0 Å². The van der Waals surface area contributed by atoms with Gasteiger partial charge >= 0.3 is 0 Å². The first-order valence-electron chi connectivity index (χ1n) is 8.60. The molecule has 1 atom stereocenters. The maximum atomic E-state index is 4.82. The largest absolute Gasteiger partial charge is 0.346 e. The fraction of sp³-hybridized carbons (Fsp3) is 0.647. The highest BCUT2D eigenvalue weighted by Gasteiger charge is 2.44. The van der Waals surface area contributed by atoms with E-state index >= 15 is 0 Å². The summed E-state index contributed by atoms with van der Waals surface area (Å²) in [5.74, 6) is 0.892. The molecule has 1 aliphatic carbocycles. The summed E-state index contributed by atoms with van der Waals surface area (Å²) in [5.41, 5.74) is 2.84. The Morgan fingerprint density at radius 1 is 1.30 bits per heavy atom. The van der Waals surface area contributed by atoms with Gasteiger partial charge < -0.3 is 4.90 Å². The van der Waals surface area contributed by atoms with E-state index in [4.69, 9.17) is 4.98 Å². The van der Waals surface area contributed by atoms with Crippen LogP contribution < -0.4 is 4.90 Å². The van der Waals surface area contributed by atoms with Crippen LogP contribution in [0.25, 0.3) is 0 Å². The minimum Gasteiger partial charge on any atom is -0.346 e. The van der Waals surface area contributed by atoms with E-state index in [1.54, 1.807) is 11.3 Å². The highest BCUT2D eigenvalue weighted by atomic mass is 32.1. The fourth-order valence-corrected chi connectivity index (χ4v) is 4.97. The number of anilines is 1. The predicted octanol–water partition coefficient (Wildman–Crippen LogP) is 3.07. The molecular formula is C17H23N5S. The van der Waals surface area contributed by atoms with Crippen molar-refractivity contribution >= 4 is 16.5 Å². The van der Waals surface area contributed by atoms with E-state index in [1.165, 1.54) is 30.5 Å². The Morgan fingerprint density at radius 3 is 3.09 bits per heavy atom. The van der Waals surface area contributed by atoms with Crippen molar-refractivity contribution in [1.29, 1.82) is 0 Å². The van der Waals surface area contributed by atoms with Gasteiger partial charge in [-0.25, -0.2) is 9.97 Å². The van der Waals surface area contributed by atoms with Crippen LogP contribution in [0.5, 0.6) is 0 Å². The molecule has 5 nitrogen and oxygen atoms in total. The van der Waals surface area contributed by atoms with Gasteiger partial charge in [0.2, 0.25) is 5.13 Å². The summed E-state index contributed by atoms with van der Waals surface area (Å²) < 4.78 is 0. The van der Waals surface area contributed by atoms with Crippen molar-refractivity contribution in [3.05, 3.63) is 28.3 Å². The van der Waals surface area contributed by atoms with Gasteiger partial charge in [-0.05, 0) is 44.6 Å². The minimum absolute atomic E-state index is 0.192. The lowest BCUT2D eigenvalue weighted by molar-refractivity contribution is 0.333. The Bertz CT molecular complexity index is 709. The summed E-state index contributed by atoms with van der Waals surface area (Å²) in [6.45, 7) is 6.29. The van der Waals surface area contributed by atoms with Crippen LogP contribution in [-0.2, 0) is 18.3 Å². The summed E-state index contributed by atoms with van der Waals surface area (Å²) in [6.07, 6.45) is 8.93. The molecule has 1 unspecified atom stereocenters. The predicted molar refractivity (Wildman–Crippen MR) is 92.1 cm³/mol. The Kier molecular flexibility index (Phi) is 3.79. The van der Waals surface area contributed by atoms with Gasteiger partial charge in [0, 0.05) is 31.1 Å². The van der Waals surface area contributed by atoms with Gasteiger partial charge in [0.05, 0.1) is 5.69 Å². The van der Waals surface area contributed by atoms with Crippen LogP contribution in [0.4, 0.5) is 5.13 Å². The van der Waals surface area contributed by atoms with Crippen molar-refractivity contribution in [2.24, 2.45) is 0 Å². The zero-order chi connectivity index (χ0) is 15.9. The molecule has 0 aromatic carbocycles. The van der Waals surface area contributed by atoms with Gasteiger partial charge in [0.15, 0.2) is 0 Å². The lowest BCUT2D eigenvalue weighted by Gasteiger charge is -2.40. The molecule has 1 spiro atoms. The van der Waals surface area contributed by atoms with Crippen molar-refractivity contribution in [2.45, 2.75) is 57.8 Å². The highest BCUT2D eigenvalue weighted by molar-refractivity contribution is 7.15.